The van der Waals surface area contributed by atoms with Crippen molar-refractivity contribution in [3.63, 3.8) is 0 Å². The minimum atomic E-state index is 0.177. The Kier molecular flexibility index (Phi) is 6.51. The molecule has 1 heterocycles. The van der Waals surface area contributed by atoms with Crippen LogP contribution in [0, 0.1) is 0 Å². The molecule has 1 aliphatic heterocycles. The molecule has 0 saturated carbocycles. The number of nitrogens with zero attached hydrogens (tertiary/aromatic N) is 1. The minimum absolute atomic E-state index is 0.177. The normalized spacial score (nSPS) is 24.1. The lowest BCUT2D eigenvalue weighted by Gasteiger charge is -2.26. The van der Waals surface area contributed by atoms with Crippen LogP contribution >= 0.6 is 0 Å². The molecule has 1 rings (SSSR count). The van der Waals surface area contributed by atoms with Crippen LogP contribution in [0.5, 0.6) is 0 Å². The molecule has 2 unspecified atom stereocenters. The van der Waals surface area contributed by atoms with E-state index in [1.165, 1.54) is 18.4 Å². The van der Waals surface area contributed by atoms with Gasteiger partial charge in [-0.25, -0.2) is 0 Å². The largest absolute Gasteiger partial charge is 0.372 e. The topological polar surface area (TPSA) is 24.5 Å². The van der Waals surface area contributed by atoms with Crippen molar-refractivity contribution in [3.05, 3.63) is 12.2 Å². The Morgan fingerprint density at radius 3 is 2.47 bits per heavy atom. The smallest absolute Gasteiger partial charge is 0.0707 e. The SMILES string of the molecule is C=C(C)CN(CC)CC1CCC(CNC(C)(C)C)O1. The highest BCUT2D eigenvalue weighted by molar-refractivity contribution is 4.92. The van der Waals surface area contributed by atoms with Gasteiger partial charge in [-0.05, 0) is 47.1 Å². The number of rotatable bonds is 7. The summed E-state index contributed by atoms with van der Waals surface area (Å²) in [6.45, 7) is 18.9. The predicted octanol–water partition coefficient (Wildman–Crippen LogP) is 2.82. The van der Waals surface area contributed by atoms with E-state index in [1.54, 1.807) is 0 Å². The molecule has 0 amide bonds. The molecule has 0 aromatic rings. The lowest BCUT2D eigenvalue weighted by atomic mass is 10.1. The minimum Gasteiger partial charge on any atom is -0.372 e. The fraction of sp³-hybridized carbons (Fsp3) is 0.875. The summed E-state index contributed by atoms with van der Waals surface area (Å²) in [5.41, 5.74) is 1.41. The van der Waals surface area contributed by atoms with Crippen molar-refractivity contribution >= 4 is 0 Å². The van der Waals surface area contributed by atoms with Gasteiger partial charge in [0.05, 0.1) is 12.2 Å². The zero-order chi connectivity index (χ0) is 14.5. The van der Waals surface area contributed by atoms with E-state index < -0.39 is 0 Å². The van der Waals surface area contributed by atoms with Gasteiger partial charge in [0, 0.05) is 25.2 Å². The van der Waals surface area contributed by atoms with Gasteiger partial charge >= 0.3 is 0 Å². The maximum absolute atomic E-state index is 6.14. The van der Waals surface area contributed by atoms with Crippen LogP contribution in [0.2, 0.25) is 0 Å². The molecule has 1 N–H and O–H groups in total. The van der Waals surface area contributed by atoms with E-state index in [-0.39, 0.29) is 5.54 Å². The highest BCUT2D eigenvalue weighted by Crippen LogP contribution is 2.21. The molecular weight excluding hydrogens is 236 g/mol. The molecule has 0 spiro atoms. The van der Waals surface area contributed by atoms with Crippen molar-refractivity contribution in [1.29, 1.82) is 0 Å². The third-order valence-electron chi connectivity index (χ3n) is 3.46. The monoisotopic (exact) mass is 268 g/mol. The second-order valence-electron chi connectivity index (χ2n) is 6.87. The molecular formula is C16H32N2O. The molecule has 1 saturated heterocycles. The standard InChI is InChI=1S/C16H32N2O/c1-7-18(11-13(2)3)12-15-9-8-14(19-15)10-17-16(4,5)6/h14-15,17H,2,7-12H2,1,3-6H3. The Labute approximate surface area is 119 Å². The average Bonchev–Trinajstić information content (AvgIpc) is 2.72. The van der Waals surface area contributed by atoms with Crippen molar-refractivity contribution in [2.45, 2.75) is 65.2 Å². The van der Waals surface area contributed by atoms with Crippen LogP contribution in [-0.4, -0.2) is 48.8 Å². The quantitative estimate of drug-likeness (QED) is 0.719. The van der Waals surface area contributed by atoms with Crippen molar-refractivity contribution in [2.24, 2.45) is 0 Å². The predicted molar refractivity (Wildman–Crippen MR) is 82.6 cm³/mol. The average molecular weight is 268 g/mol. The molecule has 0 aromatic carbocycles. The van der Waals surface area contributed by atoms with Gasteiger partial charge in [0.2, 0.25) is 0 Å². The fourth-order valence-electron chi connectivity index (χ4n) is 2.46. The van der Waals surface area contributed by atoms with Crippen LogP contribution in [0.4, 0.5) is 0 Å². The van der Waals surface area contributed by atoms with Crippen molar-refractivity contribution < 1.29 is 4.74 Å². The van der Waals surface area contributed by atoms with Crippen LogP contribution in [-0.2, 0) is 4.74 Å². The summed E-state index contributed by atoms with van der Waals surface area (Å²) in [6.07, 6.45) is 3.14. The Balaban J connectivity index is 2.29. The summed E-state index contributed by atoms with van der Waals surface area (Å²) >= 11 is 0. The maximum Gasteiger partial charge on any atom is 0.0707 e. The third kappa shape index (κ3) is 7.09. The maximum atomic E-state index is 6.14. The summed E-state index contributed by atoms with van der Waals surface area (Å²) in [5.74, 6) is 0. The fourth-order valence-corrected chi connectivity index (χ4v) is 2.46. The number of nitrogens with one attached hydrogen (secondary N) is 1. The second kappa shape index (κ2) is 7.41. The first-order chi connectivity index (χ1) is 8.80. The van der Waals surface area contributed by atoms with Gasteiger partial charge in [-0.1, -0.05) is 19.1 Å². The van der Waals surface area contributed by atoms with Gasteiger partial charge in [-0.2, -0.15) is 0 Å². The highest BCUT2D eigenvalue weighted by Gasteiger charge is 2.27. The van der Waals surface area contributed by atoms with Gasteiger partial charge < -0.3 is 10.1 Å². The summed E-state index contributed by atoms with van der Waals surface area (Å²) < 4.78 is 6.14. The van der Waals surface area contributed by atoms with E-state index >= 15 is 0 Å². The summed E-state index contributed by atoms with van der Waals surface area (Å²) in [5, 5.41) is 3.53. The molecule has 2 atom stereocenters. The molecule has 0 bridgehead atoms. The number of hydrogen-bond acceptors (Lipinski definition) is 3. The molecule has 3 heteroatoms. The Morgan fingerprint density at radius 1 is 1.32 bits per heavy atom. The number of hydrogen-bond donors (Lipinski definition) is 1. The van der Waals surface area contributed by atoms with Crippen molar-refractivity contribution in [2.75, 3.05) is 26.2 Å². The lowest BCUT2D eigenvalue weighted by molar-refractivity contribution is 0.0233. The van der Waals surface area contributed by atoms with Crippen LogP contribution in [0.25, 0.3) is 0 Å². The van der Waals surface area contributed by atoms with Gasteiger partial charge in [-0.15, -0.1) is 0 Å². The first-order valence-corrected chi connectivity index (χ1v) is 7.57. The number of ether oxygens (including phenoxy) is 1. The van der Waals surface area contributed by atoms with Crippen LogP contribution in [0.15, 0.2) is 12.2 Å². The van der Waals surface area contributed by atoms with Crippen molar-refractivity contribution in [3.8, 4) is 0 Å². The van der Waals surface area contributed by atoms with Gasteiger partial charge in [-0.3, -0.25) is 4.90 Å². The molecule has 1 fully saturated rings. The Morgan fingerprint density at radius 2 is 1.95 bits per heavy atom. The molecule has 112 valence electrons. The van der Waals surface area contributed by atoms with Crippen LogP contribution in [0.1, 0.15) is 47.5 Å². The van der Waals surface area contributed by atoms with Gasteiger partial charge in [0.25, 0.3) is 0 Å². The van der Waals surface area contributed by atoms with Gasteiger partial charge in [0.1, 0.15) is 0 Å². The third-order valence-corrected chi connectivity index (χ3v) is 3.46. The molecule has 0 radical (unpaired) electrons. The Hall–Kier alpha value is -0.380. The van der Waals surface area contributed by atoms with Crippen molar-refractivity contribution in [1.82, 2.24) is 10.2 Å². The second-order valence-corrected chi connectivity index (χ2v) is 6.87. The molecule has 0 aromatic heterocycles. The molecule has 3 nitrogen and oxygen atoms in total. The first-order valence-electron chi connectivity index (χ1n) is 7.57. The van der Waals surface area contributed by atoms with Gasteiger partial charge in [0.15, 0.2) is 0 Å². The van der Waals surface area contributed by atoms with E-state index in [1.807, 2.05) is 0 Å². The van der Waals surface area contributed by atoms with E-state index in [0.29, 0.717) is 12.2 Å². The summed E-state index contributed by atoms with van der Waals surface area (Å²) in [4.78, 5) is 2.42. The zero-order valence-electron chi connectivity index (χ0n) is 13.5. The van der Waals surface area contributed by atoms with Crippen LogP contribution < -0.4 is 5.32 Å². The summed E-state index contributed by atoms with van der Waals surface area (Å²) in [7, 11) is 0. The molecule has 19 heavy (non-hydrogen) atoms. The molecule has 1 aliphatic rings. The van der Waals surface area contributed by atoms with E-state index in [2.05, 4.69) is 51.4 Å². The lowest BCUT2D eigenvalue weighted by Crippen LogP contribution is -2.41. The first kappa shape index (κ1) is 16.7. The van der Waals surface area contributed by atoms with Crippen LogP contribution in [0.3, 0.4) is 0 Å². The van der Waals surface area contributed by atoms with E-state index in [9.17, 15) is 0 Å². The molecule has 0 aliphatic carbocycles. The van der Waals surface area contributed by atoms with E-state index in [0.717, 1.165) is 26.2 Å². The summed E-state index contributed by atoms with van der Waals surface area (Å²) in [6, 6.07) is 0. The Bertz CT molecular complexity index is 283. The van der Waals surface area contributed by atoms with E-state index in [4.69, 9.17) is 4.74 Å². The number of likely N-dealkylation sites (N-methyl/N-ethyl adjacent to an activating group) is 1. The zero-order valence-corrected chi connectivity index (χ0v) is 13.5. The highest BCUT2D eigenvalue weighted by atomic mass is 16.5.